The largest absolute Gasteiger partial charge is 0.458 e. The molecule has 5 aliphatic rings. The summed E-state index contributed by atoms with van der Waals surface area (Å²) in [6.45, 7) is 4.71. The quantitative estimate of drug-likeness (QED) is 0.319. The number of rotatable bonds is 9. The van der Waals surface area contributed by atoms with E-state index < -0.39 is 48.2 Å². The van der Waals surface area contributed by atoms with Gasteiger partial charge in [-0.15, -0.1) is 0 Å². The first-order chi connectivity index (χ1) is 17.5. The number of carbonyl (C=O) groups excluding carboxylic acids is 2. The molecule has 204 valence electrons. The lowest BCUT2D eigenvalue weighted by Gasteiger charge is -2.41. The summed E-state index contributed by atoms with van der Waals surface area (Å²) in [4.78, 5) is 24.9. The van der Waals surface area contributed by atoms with Gasteiger partial charge in [0.2, 0.25) is 0 Å². The molecular formula is C28H44O8. The second kappa shape index (κ2) is 11.3. The number of ether oxygens (including phenoxy) is 6. The van der Waals surface area contributed by atoms with E-state index in [-0.39, 0.29) is 11.9 Å². The van der Waals surface area contributed by atoms with Gasteiger partial charge >= 0.3 is 5.97 Å². The van der Waals surface area contributed by atoms with Crippen LogP contribution in [0.4, 0.5) is 0 Å². The van der Waals surface area contributed by atoms with Gasteiger partial charge in [-0.1, -0.05) is 52.4 Å². The Kier molecular flexibility index (Phi) is 8.25. The molecule has 8 heteroatoms. The van der Waals surface area contributed by atoms with E-state index in [1.165, 1.54) is 0 Å². The Morgan fingerprint density at radius 3 is 1.72 bits per heavy atom. The maximum atomic E-state index is 13.2. The number of hydrogen-bond acceptors (Lipinski definition) is 8. The predicted molar refractivity (Wildman–Crippen MR) is 130 cm³/mol. The smallest absolute Gasteiger partial charge is 0.306 e. The first kappa shape index (κ1) is 26.4. The van der Waals surface area contributed by atoms with Crippen molar-refractivity contribution in [2.24, 2.45) is 5.92 Å². The second-order valence-corrected chi connectivity index (χ2v) is 11.6. The molecule has 36 heavy (non-hydrogen) atoms. The lowest BCUT2D eigenvalue weighted by Crippen LogP contribution is -2.63. The lowest BCUT2D eigenvalue weighted by atomic mass is 9.84. The van der Waals surface area contributed by atoms with Crippen LogP contribution in [0.3, 0.4) is 0 Å². The van der Waals surface area contributed by atoms with E-state index in [1.807, 2.05) is 0 Å². The molecule has 5 fully saturated rings. The Morgan fingerprint density at radius 2 is 1.25 bits per heavy atom. The highest BCUT2D eigenvalue weighted by Crippen LogP contribution is 2.52. The highest BCUT2D eigenvalue weighted by atomic mass is 16.8. The van der Waals surface area contributed by atoms with Crippen LogP contribution in [0, 0.1) is 5.92 Å². The summed E-state index contributed by atoms with van der Waals surface area (Å²) in [5.74, 6) is -1.38. The van der Waals surface area contributed by atoms with Crippen molar-refractivity contribution >= 4 is 12.4 Å². The third kappa shape index (κ3) is 5.20. The first-order valence-electron chi connectivity index (χ1n) is 14.5. The number of fused-ring (bicyclic) bond motifs is 3. The zero-order chi connectivity index (χ0) is 25.2. The van der Waals surface area contributed by atoms with E-state index in [2.05, 4.69) is 13.8 Å². The molecule has 3 aliphatic carbocycles. The molecular weight excluding hydrogens is 464 g/mol. The van der Waals surface area contributed by atoms with Crippen LogP contribution >= 0.6 is 0 Å². The van der Waals surface area contributed by atoms with Gasteiger partial charge in [-0.3, -0.25) is 9.59 Å². The fourth-order valence-electron chi connectivity index (χ4n) is 7.31. The Balaban J connectivity index is 1.41. The van der Waals surface area contributed by atoms with Gasteiger partial charge in [0.05, 0.1) is 0 Å². The van der Waals surface area contributed by atoms with Crippen LogP contribution in [0.2, 0.25) is 0 Å². The minimum atomic E-state index is -0.794. The summed E-state index contributed by atoms with van der Waals surface area (Å²) >= 11 is 0. The van der Waals surface area contributed by atoms with Crippen molar-refractivity contribution in [2.45, 2.75) is 158 Å². The van der Waals surface area contributed by atoms with E-state index >= 15 is 0 Å². The number of hydrogen-bond donors (Lipinski definition) is 0. The van der Waals surface area contributed by atoms with Crippen LogP contribution in [0.15, 0.2) is 0 Å². The zero-order valence-corrected chi connectivity index (χ0v) is 22.0. The highest BCUT2D eigenvalue weighted by molar-refractivity contribution is 5.70. The van der Waals surface area contributed by atoms with Gasteiger partial charge < -0.3 is 28.4 Å². The molecule has 0 amide bonds. The van der Waals surface area contributed by atoms with Crippen LogP contribution in [0.25, 0.3) is 0 Å². The number of carbonyl (C=O) groups is 2. The topological polar surface area (TPSA) is 89.5 Å². The molecule has 6 atom stereocenters. The molecule has 2 spiro atoms. The maximum Gasteiger partial charge on any atom is 0.306 e. The lowest BCUT2D eigenvalue weighted by molar-refractivity contribution is -0.228. The molecule has 3 saturated carbocycles. The molecule has 2 saturated heterocycles. The van der Waals surface area contributed by atoms with Crippen LogP contribution < -0.4 is 0 Å². The van der Waals surface area contributed by atoms with Crippen molar-refractivity contribution in [3.63, 3.8) is 0 Å². The minimum absolute atomic E-state index is 0.275. The van der Waals surface area contributed by atoms with Gasteiger partial charge in [0, 0.05) is 32.1 Å². The van der Waals surface area contributed by atoms with E-state index in [4.69, 9.17) is 28.4 Å². The molecule has 0 radical (unpaired) electrons. The summed E-state index contributed by atoms with van der Waals surface area (Å²) in [5, 5.41) is 0. The summed E-state index contributed by atoms with van der Waals surface area (Å²) in [6.07, 6.45) is 10.5. The fraction of sp³-hybridized carbons (Fsp3) is 0.929. The Morgan fingerprint density at radius 1 is 0.778 bits per heavy atom. The maximum absolute atomic E-state index is 13.2. The Bertz CT molecular complexity index is 753. The molecule has 2 unspecified atom stereocenters. The molecule has 8 nitrogen and oxygen atoms in total. The van der Waals surface area contributed by atoms with Crippen LogP contribution in [-0.4, -0.2) is 60.6 Å². The van der Waals surface area contributed by atoms with Gasteiger partial charge in [-0.25, -0.2) is 0 Å². The minimum Gasteiger partial charge on any atom is -0.458 e. The van der Waals surface area contributed by atoms with Crippen molar-refractivity contribution in [2.75, 3.05) is 0 Å². The van der Waals surface area contributed by atoms with Crippen LogP contribution in [0.5, 0.6) is 0 Å². The number of esters is 1. The Labute approximate surface area is 215 Å². The second-order valence-electron chi connectivity index (χ2n) is 11.6. The third-order valence-electron chi connectivity index (χ3n) is 8.91. The zero-order valence-electron chi connectivity index (χ0n) is 22.0. The standard InChI is InChI=1S/C28H44O8/c1-3-11-19(12-4-2)17-20(30)32-22-21(31-18-29)23-25(35-27(33-23)13-7-5-8-14-27)26-24(22)34-28(36-26)15-9-6-10-16-28/h18-19,21-26H,3-17H2,1-2H3/t21?,22?,23-,24-,25-,26+/m0/s1. The Hall–Kier alpha value is -1.22. The predicted octanol–water partition coefficient (Wildman–Crippen LogP) is 4.95. The summed E-state index contributed by atoms with van der Waals surface area (Å²) in [6, 6.07) is 0. The van der Waals surface area contributed by atoms with Crippen molar-refractivity contribution in [1.82, 2.24) is 0 Å². The monoisotopic (exact) mass is 508 g/mol. The van der Waals surface area contributed by atoms with Crippen molar-refractivity contribution < 1.29 is 38.0 Å². The van der Waals surface area contributed by atoms with Gasteiger partial charge in [-0.2, -0.15) is 0 Å². The van der Waals surface area contributed by atoms with Gasteiger partial charge in [0.1, 0.15) is 24.4 Å². The van der Waals surface area contributed by atoms with Gasteiger partial charge in [0.25, 0.3) is 6.47 Å². The molecule has 0 aromatic rings. The molecule has 5 rings (SSSR count). The van der Waals surface area contributed by atoms with Gasteiger partial charge in [-0.05, 0) is 31.6 Å². The van der Waals surface area contributed by atoms with E-state index in [1.54, 1.807) is 0 Å². The average molecular weight is 509 g/mol. The van der Waals surface area contributed by atoms with Crippen molar-refractivity contribution in [3.05, 3.63) is 0 Å². The first-order valence-corrected chi connectivity index (χ1v) is 14.5. The molecule has 0 aromatic heterocycles. The van der Waals surface area contributed by atoms with Crippen molar-refractivity contribution in [3.8, 4) is 0 Å². The van der Waals surface area contributed by atoms with E-state index in [0.29, 0.717) is 12.9 Å². The SMILES string of the molecule is CCCC(CCC)CC(=O)OC1C(OC=O)[C@@H]2OC3(CCCCC3)O[C@@H]2[C@@H]2OC3(CCCCC3)O[C@@H]12. The molecule has 2 aliphatic heterocycles. The normalized spacial score (nSPS) is 36.5. The third-order valence-corrected chi connectivity index (χ3v) is 8.91. The molecule has 0 bridgehead atoms. The fourth-order valence-corrected chi connectivity index (χ4v) is 7.31. The van der Waals surface area contributed by atoms with Crippen LogP contribution in [-0.2, 0) is 38.0 Å². The molecule has 0 N–H and O–H groups in total. The molecule has 2 heterocycles. The van der Waals surface area contributed by atoms with Crippen LogP contribution in [0.1, 0.15) is 110 Å². The van der Waals surface area contributed by atoms with Crippen molar-refractivity contribution in [1.29, 1.82) is 0 Å². The average Bonchev–Trinajstić information content (AvgIpc) is 3.41. The summed E-state index contributed by atoms with van der Waals surface area (Å²) in [5.41, 5.74) is 0. The highest BCUT2D eigenvalue weighted by Gasteiger charge is 2.68. The van der Waals surface area contributed by atoms with E-state index in [0.717, 1.165) is 89.9 Å². The van der Waals surface area contributed by atoms with E-state index in [9.17, 15) is 9.59 Å². The molecule has 0 aromatic carbocycles. The van der Waals surface area contributed by atoms with Gasteiger partial charge in [0.15, 0.2) is 23.8 Å². The summed E-state index contributed by atoms with van der Waals surface area (Å²) < 4.78 is 38.3. The summed E-state index contributed by atoms with van der Waals surface area (Å²) in [7, 11) is 0.